The van der Waals surface area contributed by atoms with Crippen LogP contribution in [-0.2, 0) is 6.42 Å². The zero-order valence-corrected chi connectivity index (χ0v) is 12.0. The number of aromatic nitrogens is 1. The van der Waals surface area contributed by atoms with Gasteiger partial charge in [0.15, 0.2) is 0 Å². The highest BCUT2D eigenvalue weighted by molar-refractivity contribution is 7.16. The van der Waals surface area contributed by atoms with Gasteiger partial charge in [-0.05, 0) is 30.7 Å². The first-order valence-electron chi connectivity index (χ1n) is 5.85. The maximum absolute atomic E-state index is 11.9. The predicted molar refractivity (Wildman–Crippen MR) is 79.1 cm³/mol. The van der Waals surface area contributed by atoms with Gasteiger partial charge in [-0.3, -0.25) is 9.78 Å². The van der Waals surface area contributed by atoms with Crippen LogP contribution in [-0.4, -0.2) is 24.5 Å². The summed E-state index contributed by atoms with van der Waals surface area (Å²) in [5, 5.41) is 5.82. The third-order valence-electron chi connectivity index (χ3n) is 2.57. The van der Waals surface area contributed by atoms with Crippen LogP contribution in [0.2, 0.25) is 4.34 Å². The van der Waals surface area contributed by atoms with E-state index in [9.17, 15) is 4.79 Å². The first-order valence-corrected chi connectivity index (χ1v) is 7.04. The van der Waals surface area contributed by atoms with Crippen molar-refractivity contribution in [3.8, 4) is 0 Å². The van der Waals surface area contributed by atoms with Crippen molar-refractivity contribution < 1.29 is 4.79 Å². The van der Waals surface area contributed by atoms with Gasteiger partial charge in [-0.2, -0.15) is 0 Å². The Morgan fingerprint density at radius 3 is 2.95 bits per heavy atom. The van der Waals surface area contributed by atoms with E-state index in [1.54, 1.807) is 19.3 Å². The number of hydrogen-bond acceptors (Lipinski definition) is 4. The normalized spacial score (nSPS) is 10.2. The summed E-state index contributed by atoms with van der Waals surface area (Å²) in [6.45, 7) is 0.571. The van der Waals surface area contributed by atoms with Crippen molar-refractivity contribution >= 4 is 34.5 Å². The largest absolute Gasteiger partial charge is 0.388 e. The molecule has 100 valence electrons. The Morgan fingerprint density at radius 2 is 2.26 bits per heavy atom. The minimum absolute atomic E-state index is 0.167. The number of amides is 1. The van der Waals surface area contributed by atoms with Gasteiger partial charge in [0.2, 0.25) is 0 Å². The van der Waals surface area contributed by atoms with Crippen LogP contribution in [0.1, 0.15) is 15.4 Å². The Kier molecular flexibility index (Phi) is 4.76. The van der Waals surface area contributed by atoms with E-state index in [0.29, 0.717) is 12.2 Å². The molecule has 0 saturated carbocycles. The van der Waals surface area contributed by atoms with Gasteiger partial charge < -0.3 is 10.6 Å². The molecule has 2 aromatic heterocycles. The van der Waals surface area contributed by atoms with Gasteiger partial charge in [0.05, 0.1) is 4.34 Å². The van der Waals surface area contributed by atoms with Crippen LogP contribution in [0.25, 0.3) is 0 Å². The molecule has 0 aliphatic carbocycles. The highest BCUT2D eigenvalue weighted by atomic mass is 35.5. The van der Waals surface area contributed by atoms with Crippen molar-refractivity contribution in [3.05, 3.63) is 45.4 Å². The number of nitrogens with one attached hydrogen (secondary N) is 2. The molecule has 2 aromatic rings. The lowest BCUT2D eigenvalue weighted by molar-refractivity contribution is 0.0949. The minimum Gasteiger partial charge on any atom is -0.388 e. The molecule has 2 N–H and O–H groups in total. The van der Waals surface area contributed by atoms with Crippen molar-refractivity contribution in [2.24, 2.45) is 0 Å². The Hall–Kier alpha value is -1.59. The second-order valence-electron chi connectivity index (χ2n) is 3.89. The van der Waals surface area contributed by atoms with E-state index in [-0.39, 0.29) is 5.91 Å². The summed E-state index contributed by atoms with van der Waals surface area (Å²) in [7, 11) is 1.80. The summed E-state index contributed by atoms with van der Waals surface area (Å²) in [6, 6.07) is 7.36. The second kappa shape index (κ2) is 6.54. The Labute approximate surface area is 120 Å². The topological polar surface area (TPSA) is 54.0 Å². The van der Waals surface area contributed by atoms with E-state index in [0.717, 1.165) is 21.3 Å². The fraction of sp³-hybridized carbons (Fsp3) is 0.231. The average molecular weight is 296 g/mol. The number of carbonyl (C=O) groups is 1. The van der Waals surface area contributed by atoms with E-state index >= 15 is 0 Å². The molecule has 0 aliphatic rings. The molecular weight excluding hydrogens is 282 g/mol. The van der Waals surface area contributed by atoms with Crippen molar-refractivity contribution in [3.63, 3.8) is 0 Å². The SMILES string of the molecule is CNc1ccnc(C(=O)NCCc2ccc(Cl)s2)c1. The number of halogens is 1. The van der Waals surface area contributed by atoms with E-state index in [2.05, 4.69) is 15.6 Å². The standard InChI is InChI=1S/C13H14ClN3OS/c1-15-9-4-6-16-11(8-9)13(18)17-7-5-10-2-3-12(14)19-10/h2-4,6,8H,5,7H2,1H3,(H,15,16)(H,17,18). The Balaban J connectivity index is 1.87. The van der Waals surface area contributed by atoms with Crippen LogP contribution in [0, 0.1) is 0 Å². The van der Waals surface area contributed by atoms with Crippen LogP contribution in [0.5, 0.6) is 0 Å². The molecule has 0 bridgehead atoms. The monoisotopic (exact) mass is 295 g/mol. The van der Waals surface area contributed by atoms with Crippen molar-refractivity contribution in [1.29, 1.82) is 0 Å². The summed E-state index contributed by atoms with van der Waals surface area (Å²) in [6.07, 6.45) is 2.38. The number of pyridine rings is 1. The highest BCUT2D eigenvalue weighted by Crippen LogP contribution is 2.21. The molecule has 0 aromatic carbocycles. The molecule has 4 nitrogen and oxygen atoms in total. The summed E-state index contributed by atoms with van der Waals surface area (Å²) < 4.78 is 0.768. The van der Waals surface area contributed by atoms with E-state index in [1.165, 1.54) is 11.3 Å². The maximum atomic E-state index is 11.9. The lowest BCUT2D eigenvalue weighted by atomic mass is 10.3. The minimum atomic E-state index is -0.167. The number of thiophene rings is 1. The first-order chi connectivity index (χ1) is 9.19. The number of anilines is 1. The van der Waals surface area contributed by atoms with Gasteiger partial charge >= 0.3 is 0 Å². The second-order valence-corrected chi connectivity index (χ2v) is 5.69. The molecule has 0 fully saturated rings. The fourth-order valence-corrected chi connectivity index (χ4v) is 2.67. The molecule has 2 heterocycles. The van der Waals surface area contributed by atoms with E-state index in [1.807, 2.05) is 18.2 Å². The molecule has 19 heavy (non-hydrogen) atoms. The van der Waals surface area contributed by atoms with Gasteiger partial charge in [-0.1, -0.05) is 11.6 Å². The van der Waals surface area contributed by atoms with Gasteiger partial charge in [0.25, 0.3) is 5.91 Å². The third kappa shape index (κ3) is 3.94. The van der Waals surface area contributed by atoms with E-state index in [4.69, 9.17) is 11.6 Å². The van der Waals surface area contributed by atoms with Crippen LogP contribution in [0.3, 0.4) is 0 Å². The molecular formula is C13H14ClN3OS. The number of carbonyl (C=O) groups excluding carboxylic acids is 1. The van der Waals surface area contributed by atoms with Crippen molar-refractivity contribution in [2.45, 2.75) is 6.42 Å². The summed E-state index contributed by atoms with van der Waals surface area (Å²) in [4.78, 5) is 17.1. The molecule has 1 amide bonds. The number of hydrogen-bond donors (Lipinski definition) is 2. The van der Waals surface area contributed by atoms with Gasteiger partial charge in [-0.15, -0.1) is 11.3 Å². The van der Waals surface area contributed by atoms with Gasteiger partial charge in [0.1, 0.15) is 5.69 Å². The molecule has 2 rings (SSSR count). The lowest BCUT2D eigenvalue weighted by Gasteiger charge is -2.05. The van der Waals surface area contributed by atoms with Crippen molar-refractivity contribution in [2.75, 3.05) is 18.9 Å². The molecule has 0 radical (unpaired) electrons. The van der Waals surface area contributed by atoms with Crippen LogP contribution < -0.4 is 10.6 Å². The van der Waals surface area contributed by atoms with E-state index < -0.39 is 0 Å². The van der Waals surface area contributed by atoms with Gasteiger partial charge in [-0.25, -0.2) is 0 Å². The molecule has 6 heteroatoms. The number of nitrogens with zero attached hydrogens (tertiary/aromatic N) is 1. The van der Waals surface area contributed by atoms with Crippen LogP contribution >= 0.6 is 22.9 Å². The summed E-state index contributed by atoms with van der Waals surface area (Å²) in [5.74, 6) is -0.167. The Bertz CT molecular complexity index is 571. The van der Waals surface area contributed by atoms with Crippen LogP contribution in [0.4, 0.5) is 5.69 Å². The smallest absolute Gasteiger partial charge is 0.269 e. The fourth-order valence-electron chi connectivity index (χ4n) is 1.59. The maximum Gasteiger partial charge on any atom is 0.269 e. The third-order valence-corrected chi connectivity index (χ3v) is 3.86. The lowest BCUT2D eigenvalue weighted by Crippen LogP contribution is -2.26. The zero-order chi connectivity index (χ0) is 13.7. The highest BCUT2D eigenvalue weighted by Gasteiger charge is 2.07. The van der Waals surface area contributed by atoms with Gasteiger partial charge in [0, 0.05) is 30.4 Å². The molecule has 0 aliphatic heterocycles. The summed E-state index contributed by atoms with van der Waals surface area (Å²) in [5.41, 5.74) is 1.28. The zero-order valence-electron chi connectivity index (χ0n) is 10.4. The first kappa shape index (κ1) is 13.8. The molecule has 0 unspecified atom stereocenters. The predicted octanol–water partition coefficient (Wildman–Crippen LogP) is 2.81. The quantitative estimate of drug-likeness (QED) is 0.892. The number of rotatable bonds is 5. The van der Waals surface area contributed by atoms with Crippen LogP contribution in [0.15, 0.2) is 30.5 Å². The Morgan fingerprint density at radius 1 is 1.42 bits per heavy atom. The molecule has 0 spiro atoms. The molecule has 0 atom stereocenters. The average Bonchev–Trinajstić information content (AvgIpc) is 2.84. The summed E-state index contributed by atoms with van der Waals surface area (Å²) >= 11 is 7.38. The van der Waals surface area contributed by atoms with Crippen molar-refractivity contribution in [1.82, 2.24) is 10.3 Å². The molecule has 0 saturated heterocycles.